The summed E-state index contributed by atoms with van der Waals surface area (Å²) >= 11 is 0. The highest BCUT2D eigenvalue weighted by Gasteiger charge is 2.12. The Kier molecular flexibility index (Phi) is 5.83. The van der Waals surface area contributed by atoms with Crippen molar-refractivity contribution in [3.05, 3.63) is 28.3 Å². The largest absolute Gasteiger partial charge is 0.496 e. The molecule has 4 nitrogen and oxygen atoms in total. The van der Waals surface area contributed by atoms with Crippen molar-refractivity contribution < 1.29 is 14.3 Å². The Bertz CT molecular complexity index is 455. The van der Waals surface area contributed by atoms with E-state index in [2.05, 4.69) is 5.32 Å². The van der Waals surface area contributed by atoms with E-state index >= 15 is 0 Å². The molecule has 0 aliphatic rings. The van der Waals surface area contributed by atoms with Gasteiger partial charge in [0.2, 0.25) is 5.91 Å². The van der Waals surface area contributed by atoms with E-state index in [1.165, 1.54) is 0 Å². The molecule has 0 bridgehead atoms. The summed E-state index contributed by atoms with van der Waals surface area (Å²) in [5, 5.41) is 2.83. The number of amides is 1. The summed E-state index contributed by atoms with van der Waals surface area (Å²) in [6.07, 6.45) is 0.390. The predicted molar refractivity (Wildman–Crippen MR) is 75.8 cm³/mol. The van der Waals surface area contributed by atoms with Crippen molar-refractivity contribution >= 4 is 5.91 Å². The van der Waals surface area contributed by atoms with Gasteiger partial charge in [0.15, 0.2) is 0 Å². The summed E-state index contributed by atoms with van der Waals surface area (Å²) < 4.78 is 10.3. The van der Waals surface area contributed by atoms with Crippen LogP contribution in [0, 0.1) is 20.8 Å². The van der Waals surface area contributed by atoms with E-state index in [0.717, 1.165) is 28.0 Å². The molecule has 0 atom stereocenters. The van der Waals surface area contributed by atoms with E-state index in [9.17, 15) is 4.79 Å². The number of ether oxygens (including phenoxy) is 2. The average molecular weight is 265 g/mol. The van der Waals surface area contributed by atoms with Crippen LogP contribution in [0.4, 0.5) is 0 Å². The molecule has 0 aliphatic heterocycles. The average Bonchev–Trinajstić information content (AvgIpc) is 2.36. The molecule has 1 aromatic carbocycles. The first kappa shape index (κ1) is 15.5. The highest BCUT2D eigenvalue weighted by Crippen LogP contribution is 2.28. The number of benzene rings is 1. The summed E-state index contributed by atoms with van der Waals surface area (Å²) in [5.74, 6) is 0.921. The molecule has 0 fully saturated rings. The fraction of sp³-hybridized carbons (Fsp3) is 0.533. The topological polar surface area (TPSA) is 47.6 Å². The fourth-order valence-electron chi connectivity index (χ4n) is 2.17. The van der Waals surface area contributed by atoms with Crippen LogP contribution in [0.5, 0.6) is 5.75 Å². The molecule has 0 saturated carbocycles. The predicted octanol–water partition coefficient (Wildman–Crippen LogP) is 1.93. The van der Waals surface area contributed by atoms with Crippen molar-refractivity contribution in [3.8, 4) is 5.75 Å². The lowest BCUT2D eigenvalue weighted by molar-refractivity contribution is -0.120. The highest BCUT2D eigenvalue weighted by atomic mass is 16.5. The van der Waals surface area contributed by atoms with Crippen molar-refractivity contribution in [2.45, 2.75) is 27.2 Å². The Hall–Kier alpha value is -1.55. The number of hydrogen-bond acceptors (Lipinski definition) is 3. The van der Waals surface area contributed by atoms with Crippen LogP contribution in [0.3, 0.4) is 0 Å². The first-order valence-electron chi connectivity index (χ1n) is 6.40. The number of rotatable bonds is 6. The van der Waals surface area contributed by atoms with Crippen LogP contribution in [0.25, 0.3) is 0 Å². The Morgan fingerprint density at radius 3 is 2.47 bits per heavy atom. The molecule has 1 rings (SSSR count). The molecule has 4 heteroatoms. The summed E-state index contributed by atoms with van der Waals surface area (Å²) in [4.78, 5) is 11.8. The molecule has 19 heavy (non-hydrogen) atoms. The molecular weight excluding hydrogens is 242 g/mol. The summed E-state index contributed by atoms with van der Waals surface area (Å²) in [5.41, 5.74) is 4.32. The highest BCUT2D eigenvalue weighted by molar-refractivity contribution is 5.79. The first-order valence-corrected chi connectivity index (χ1v) is 6.40. The van der Waals surface area contributed by atoms with Crippen molar-refractivity contribution in [2.24, 2.45) is 0 Å². The zero-order valence-electron chi connectivity index (χ0n) is 12.4. The van der Waals surface area contributed by atoms with Gasteiger partial charge in [-0.1, -0.05) is 6.07 Å². The van der Waals surface area contributed by atoms with E-state index < -0.39 is 0 Å². The van der Waals surface area contributed by atoms with Gasteiger partial charge in [-0.25, -0.2) is 0 Å². The Morgan fingerprint density at radius 1 is 1.21 bits per heavy atom. The molecule has 0 saturated heterocycles. The maximum Gasteiger partial charge on any atom is 0.224 e. The number of nitrogens with one attached hydrogen (secondary N) is 1. The van der Waals surface area contributed by atoms with Gasteiger partial charge in [0.05, 0.1) is 20.1 Å². The number of hydrogen-bond donors (Lipinski definition) is 1. The van der Waals surface area contributed by atoms with Crippen molar-refractivity contribution in [1.29, 1.82) is 0 Å². The van der Waals surface area contributed by atoms with Crippen LogP contribution in [0.15, 0.2) is 6.07 Å². The van der Waals surface area contributed by atoms with Crippen LogP contribution < -0.4 is 10.1 Å². The zero-order valence-corrected chi connectivity index (χ0v) is 12.4. The van der Waals surface area contributed by atoms with Gasteiger partial charge in [0.25, 0.3) is 0 Å². The van der Waals surface area contributed by atoms with Crippen LogP contribution in [-0.2, 0) is 16.0 Å². The molecule has 0 spiro atoms. The molecule has 0 heterocycles. The molecule has 1 amide bonds. The van der Waals surface area contributed by atoms with Gasteiger partial charge in [-0.15, -0.1) is 0 Å². The lowest BCUT2D eigenvalue weighted by Crippen LogP contribution is -2.28. The number of aryl methyl sites for hydroxylation is 1. The minimum Gasteiger partial charge on any atom is -0.496 e. The van der Waals surface area contributed by atoms with E-state index in [0.29, 0.717) is 19.6 Å². The van der Waals surface area contributed by atoms with Crippen LogP contribution >= 0.6 is 0 Å². The Morgan fingerprint density at radius 2 is 1.89 bits per heavy atom. The van der Waals surface area contributed by atoms with Gasteiger partial charge in [-0.3, -0.25) is 4.79 Å². The number of methoxy groups -OCH3 is 2. The Balaban J connectivity index is 2.82. The third-order valence-electron chi connectivity index (χ3n) is 3.32. The van der Waals surface area contributed by atoms with Gasteiger partial charge in [-0.05, 0) is 43.0 Å². The van der Waals surface area contributed by atoms with Gasteiger partial charge in [0.1, 0.15) is 5.75 Å². The van der Waals surface area contributed by atoms with Crippen LogP contribution in [0.1, 0.15) is 22.3 Å². The van der Waals surface area contributed by atoms with Crippen molar-refractivity contribution in [2.75, 3.05) is 27.4 Å². The van der Waals surface area contributed by atoms with E-state index in [4.69, 9.17) is 9.47 Å². The van der Waals surface area contributed by atoms with Gasteiger partial charge >= 0.3 is 0 Å². The second kappa shape index (κ2) is 7.14. The molecule has 1 N–H and O–H groups in total. The molecule has 0 unspecified atom stereocenters. The number of carbonyl (C=O) groups is 1. The first-order chi connectivity index (χ1) is 9.01. The van der Waals surface area contributed by atoms with Gasteiger partial charge in [-0.2, -0.15) is 0 Å². The van der Waals surface area contributed by atoms with E-state index in [1.54, 1.807) is 14.2 Å². The molecule has 1 aromatic rings. The lowest BCUT2D eigenvalue weighted by atomic mass is 9.96. The quantitative estimate of drug-likeness (QED) is 0.799. The van der Waals surface area contributed by atoms with Gasteiger partial charge < -0.3 is 14.8 Å². The molecule has 0 aromatic heterocycles. The van der Waals surface area contributed by atoms with Crippen LogP contribution in [0.2, 0.25) is 0 Å². The van der Waals surface area contributed by atoms with Crippen molar-refractivity contribution in [1.82, 2.24) is 5.32 Å². The van der Waals surface area contributed by atoms with Gasteiger partial charge in [0, 0.05) is 13.7 Å². The summed E-state index contributed by atoms with van der Waals surface area (Å²) in [6.45, 7) is 7.12. The maximum absolute atomic E-state index is 11.8. The molecule has 106 valence electrons. The third-order valence-corrected chi connectivity index (χ3v) is 3.32. The summed E-state index contributed by atoms with van der Waals surface area (Å²) in [7, 11) is 3.29. The maximum atomic E-state index is 11.8. The molecule has 0 aliphatic carbocycles. The smallest absolute Gasteiger partial charge is 0.224 e. The van der Waals surface area contributed by atoms with E-state index in [1.807, 2.05) is 26.8 Å². The standard InChI is InChI=1S/C15H23NO3/c1-10-8-13(9-14(17)16-6-7-18-4)11(2)12(3)15(10)19-5/h8H,6-7,9H2,1-5H3,(H,16,17). The monoisotopic (exact) mass is 265 g/mol. The zero-order chi connectivity index (χ0) is 14.4. The fourth-order valence-corrected chi connectivity index (χ4v) is 2.17. The second-order valence-corrected chi connectivity index (χ2v) is 4.66. The van der Waals surface area contributed by atoms with E-state index in [-0.39, 0.29) is 5.91 Å². The van der Waals surface area contributed by atoms with Crippen LogP contribution in [-0.4, -0.2) is 33.3 Å². The summed E-state index contributed by atoms with van der Waals surface area (Å²) in [6, 6.07) is 2.02. The minimum absolute atomic E-state index is 0.0177. The SMILES string of the molecule is COCCNC(=O)Cc1cc(C)c(OC)c(C)c1C. The number of carbonyl (C=O) groups excluding carboxylic acids is 1. The lowest BCUT2D eigenvalue weighted by Gasteiger charge is -2.15. The Labute approximate surface area is 115 Å². The molecular formula is C15H23NO3. The molecule has 0 radical (unpaired) electrons. The minimum atomic E-state index is 0.0177. The third kappa shape index (κ3) is 3.96. The normalized spacial score (nSPS) is 10.4. The second-order valence-electron chi connectivity index (χ2n) is 4.66. The van der Waals surface area contributed by atoms with Crippen molar-refractivity contribution in [3.63, 3.8) is 0 Å².